The maximum absolute atomic E-state index is 12.0. The van der Waals surface area contributed by atoms with Crippen LogP contribution in [-0.4, -0.2) is 25.0 Å². The fourth-order valence-corrected chi connectivity index (χ4v) is 4.35. The number of carbonyl (C=O) groups excluding carboxylic acids is 3. The monoisotopic (exact) mass is 442 g/mol. The summed E-state index contributed by atoms with van der Waals surface area (Å²) in [6, 6.07) is 3.92. The average Bonchev–Trinajstić information content (AvgIpc) is 2.66. The van der Waals surface area contributed by atoms with Gasteiger partial charge in [0.15, 0.2) is 11.5 Å². The number of rotatable bonds is 4. The normalized spacial score (nSPS) is 16.1. The van der Waals surface area contributed by atoms with Crippen LogP contribution in [0, 0.1) is 0 Å². The minimum Gasteiger partial charge on any atom is -0.490 e. The molecular weight excluding hydrogens is 412 g/mol. The Morgan fingerprint density at radius 3 is 1.34 bits per heavy atom. The summed E-state index contributed by atoms with van der Waals surface area (Å²) in [6.07, 6.45) is 1.96. The van der Waals surface area contributed by atoms with Gasteiger partial charge in [0.05, 0.1) is 7.11 Å². The van der Waals surface area contributed by atoms with Gasteiger partial charge in [0.1, 0.15) is 0 Å². The van der Waals surface area contributed by atoms with Crippen molar-refractivity contribution in [1.29, 1.82) is 0 Å². The third-order valence-corrected chi connectivity index (χ3v) is 6.04. The first-order valence-electron chi connectivity index (χ1n) is 10.6. The van der Waals surface area contributed by atoms with Crippen LogP contribution in [0.15, 0.2) is 12.1 Å². The first-order valence-corrected chi connectivity index (χ1v) is 10.6. The number of fused-ring (bicyclic) bond motifs is 2. The highest BCUT2D eigenvalue weighted by molar-refractivity contribution is 6.02. The van der Waals surface area contributed by atoms with Crippen LogP contribution < -0.4 is 18.9 Å². The van der Waals surface area contributed by atoms with E-state index in [0.29, 0.717) is 10.8 Å². The summed E-state index contributed by atoms with van der Waals surface area (Å²) in [6.45, 7) is 12.5. The smallest absolute Gasteiger partial charge is 0.308 e. The van der Waals surface area contributed by atoms with E-state index in [0.717, 1.165) is 24.0 Å². The van der Waals surface area contributed by atoms with E-state index in [-0.39, 0.29) is 33.8 Å². The second-order valence-corrected chi connectivity index (χ2v) is 9.51. The van der Waals surface area contributed by atoms with Crippen LogP contribution >= 0.6 is 0 Å². The molecule has 0 N–H and O–H groups in total. The van der Waals surface area contributed by atoms with Crippen LogP contribution in [-0.2, 0) is 25.2 Å². The Kier molecular flexibility index (Phi) is 5.98. The van der Waals surface area contributed by atoms with Crippen LogP contribution in [0.4, 0.5) is 0 Å². The van der Waals surface area contributed by atoms with Crippen LogP contribution in [0.2, 0.25) is 0 Å². The summed E-state index contributed by atoms with van der Waals surface area (Å²) in [4.78, 5) is 35.8. The zero-order valence-corrected chi connectivity index (χ0v) is 19.9. The summed E-state index contributed by atoms with van der Waals surface area (Å²) >= 11 is 0. The number of hydrogen-bond acceptors (Lipinski definition) is 7. The van der Waals surface area contributed by atoms with Crippen molar-refractivity contribution in [2.75, 3.05) is 7.11 Å². The van der Waals surface area contributed by atoms with Gasteiger partial charge in [-0.15, -0.1) is 0 Å². The first-order chi connectivity index (χ1) is 14.8. The molecule has 0 heterocycles. The maximum atomic E-state index is 12.0. The second kappa shape index (κ2) is 8.11. The molecule has 0 bridgehead atoms. The van der Waals surface area contributed by atoms with Crippen molar-refractivity contribution in [3.8, 4) is 23.0 Å². The van der Waals surface area contributed by atoms with Gasteiger partial charge in [-0.25, -0.2) is 0 Å². The molecule has 0 aliphatic heterocycles. The molecule has 0 atom stereocenters. The zero-order chi connectivity index (χ0) is 24.0. The van der Waals surface area contributed by atoms with E-state index in [1.54, 1.807) is 0 Å². The van der Waals surface area contributed by atoms with Crippen LogP contribution in [0.1, 0.15) is 72.4 Å². The predicted octanol–water partition coefficient (Wildman–Crippen LogP) is 4.97. The molecule has 0 fully saturated rings. The number of esters is 3. The van der Waals surface area contributed by atoms with Gasteiger partial charge in [0.2, 0.25) is 11.5 Å². The molecule has 172 valence electrons. The third kappa shape index (κ3) is 4.16. The van der Waals surface area contributed by atoms with Gasteiger partial charge in [-0.2, -0.15) is 0 Å². The Labute approximate surface area is 188 Å². The van der Waals surface area contributed by atoms with Gasteiger partial charge >= 0.3 is 17.9 Å². The number of benzene rings is 2. The van der Waals surface area contributed by atoms with Crippen LogP contribution in [0.3, 0.4) is 0 Å². The van der Waals surface area contributed by atoms with Crippen molar-refractivity contribution < 1.29 is 33.3 Å². The molecule has 1 aliphatic rings. The number of hydrogen-bond donors (Lipinski definition) is 0. The first kappa shape index (κ1) is 23.6. The summed E-state index contributed by atoms with van der Waals surface area (Å²) in [5.74, 6) is -1.71. The molecule has 2 aromatic carbocycles. The van der Waals surface area contributed by atoms with Crippen LogP contribution in [0.25, 0.3) is 10.8 Å². The van der Waals surface area contributed by atoms with Crippen molar-refractivity contribution in [2.45, 2.75) is 72.1 Å². The fraction of sp³-hybridized carbons (Fsp3) is 0.480. The van der Waals surface area contributed by atoms with Crippen LogP contribution in [0.5, 0.6) is 23.0 Å². The van der Waals surface area contributed by atoms with E-state index in [4.69, 9.17) is 18.9 Å². The summed E-state index contributed by atoms with van der Waals surface area (Å²) < 4.78 is 22.0. The van der Waals surface area contributed by atoms with Gasteiger partial charge in [-0.05, 0) is 46.9 Å². The minimum absolute atomic E-state index is 0.00646. The topological polar surface area (TPSA) is 88.1 Å². The Balaban J connectivity index is 2.56. The predicted molar refractivity (Wildman–Crippen MR) is 120 cm³/mol. The van der Waals surface area contributed by atoms with Crippen molar-refractivity contribution in [2.24, 2.45) is 0 Å². The second-order valence-electron chi connectivity index (χ2n) is 9.51. The third-order valence-electron chi connectivity index (χ3n) is 6.04. The molecular formula is C25H30O7. The fourth-order valence-electron chi connectivity index (χ4n) is 4.35. The van der Waals surface area contributed by atoms with E-state index < -0.39 is 17.9 Å². The van der Waals surface area contributed by atoms with Gasteiger partial charge in [-0.1, -0.05) is 27.7 Å². The molecule has 32 heavy (non-hydrogen) atoms. The molecule has 0 spiro atoms. The van der Waals surface area contributed by atoms with E-state index in [2.05, 4.69) is 27.7 Å². The number of methoxy groups -OCH3 is 1. The Morgan fingerprint density at radius 1 is 0.656 bits per heavy atom. The van der Waals surface area contributed by atoms with E-state index in [1.165, 1.54) is 27.9 Å². The largest absolute Gasteiger partial charge is 0.490 e. The van der Waals surface area contributed by atoms with Crippen molar-refractivity contribution in [3.05, 3.63) is 23.3 Å². The number of ether oxygens (including phenoxy) is 4. The molecule has 0 aromatic heterocycles. The lowest BCUT2D eigenvalue weighted by Gasteiger charge is -2.42. The van der Waals surface area contributed by atoms with Crippen molar-refractivity contribution >= 4 is 28.7 Å². The van der Waals surface area contributed by atoms with Gasteiger partial charge in [-0.3, -0.25) is 14.4 Å². The molecule has 1 aliphatic carbocycles. The van der Waals surface area contributed by atoms with Gasteiger partial charge in [0.25, 0.3) is 0 Å². The molecule has 7 heteroatoms. The summed E-state index contributed by atoms with van der Waals surface area (Å²) in [7, 11) is 1.37. The summed E-state index contributed by atoms with van der Waals surface area (Å²) in [5.41, 5.74) is 1.97. The van der Waals surface area contributed by atoms with Gasteiger partial charge < -0.3 is 18.9 Å². The van der Waals surface area contributed by atoms with Crippen molar-refractivity contribution in [3.63, 3.8) is 0 Å². The Morgan fingerprint density at radius 2 is 1.00 bits per heavy atom. The lowest BCUT2D eigenvalue weighted by atomic mass is 9.62. The standard InChI is InChI=1S/C25H30O7/c1-13(26)30-20-16-11-18-19(25(6,7)10-9-24(18,4)5)12-17(16)21(31-14(2)27)23(22(20)29-8)32-15(3)28/h11-12H,9-10H2,1-8H3. The molecule has 0 saturated carbocycles. The highest BCUT2D eigenvalue weighted by Crippen LogP contribution is 2.55. The van der Waals surface area contributed by atoms with Crippen molar-refractivity contribution in [1.82, 2.24) is 0 Å². The molecule has 2 aromatic rings. The molecule has 3 rings (SSSR count). The minimum atomic E-state index is -0.635. The quantitative estimate of drug-likeness (QED) is 0.488. The molecule has 0 radical (unpaired) electrons. The highest BCUT2D eigenvalue weighted by Gasteiger charge is 2.39. The highest BCUT2D eigenvalue weighted by atomic mass is 16.6. The average molecular weight is 443 g/mol. The number of carbonyl (C=O) groups is 3. The SMILES string of the molecule is COc1c(OC(C)=O)c(OC(C)=O)c2cc3c(cc2c1OC(C)=O)C(C)(C)CCC3(C)C. The summed E-state index contributed by atoms with van der Waals surface area (Å²) in [5, 5.41) is 1.03. The Bertz CT molecular complexity index is 1130. The van der Waals surface area contributed by atoms with E-state index in [1.807, 2.05) is 12.1 Å². The maximum Gasteiger partial charge on any atom is 0.308 e. The lowest BCUT2D eigenvalue weighted by molar-refractivity contribution is -0.134. The zero-order valence-electron chi connectivity index (χ0n) is 19.9. The molecule has 0 unspecified atom stereocenters. The van der Waals surface area contributed by atoms with E-state index >= 15 is 0 Å². The lowest BCUT2D eigenvalue weighted by Crippen LogP contribution is -2.33. The Hall–Kier alpha value is -3.09. The van der Waals surface area contributed by atoms with E-state index in [9.17, 15) is 14.4 Å². The molecule has 0 saturated heterocycles. The molecule has 0 amide bonds. The van der Waals surface area contributed by atoms with Gasteiger partial charge in [0, 0.05) is 31.5 Å². The molecule has 7 nitrogen and oxygen atoms in total.